The fourth-order valence-electron chi connectivity index (χ4n) is 2.53. The van der Waals surface area contributed by atoms with E-state index in [9.17, 15) is 9.65 Å². The van der Waals surface area contributed by atoms with Crippen LogP contribution in [0.2, 0.25) is 0 Å². The largest absolute Gasteiger partial charge is 0.301 e. The zero-order valence-electron chi connectivity index (χ0n) is 10.5. The third-order valence-electron chi connectivity index (χ3n) is 3.55. The van der Waals surface area contributed by atoms with Gasteiger partial charge in [-0.25, -0.2) is 4.39 Å². The van der Waals surface area contributed by atoms with Gasteiger partial charge in [0.25, 0.3) is 0 Å². The monoisotopic (exact) mass is 232 g/mol. The second-order valence-corrected chi connectivity index (χ2v) is 5.14. The first-order chi connectivity index (χ1) is 8.00. The molecule has 0 aromatic heterocycles. The molecule has 2 rings (SSSR count). The molecule has 0 heterocycles. The van der Waals surface area contributed by atoms with E-state index in [-0.39, 0.29) is 17.3 Å². The number of nitrogens with zero attached hydrogens (tertiary/aromatic N) is 2. The van der Waals surface area contributed by atoms with Crippen LogP contribution in [0.1, 0.15) is 30.0 Å². The minimum absolute atomic E-state index is 0.0619. The van der Waals surface area contributed by atoms with E-state index in [2.05, 4.69) is 11.0 Å². The second-order valence-electron chi connectivity index (χ2n) is 5.14. The average Bonchev–Trinajstić information content (AvgIpc) is 3.04. The lowest BCUT2D eigenvalue weighted by molar-refractivity contribution is 0.232. The zero-order chi connectivity index (χ0) is 12.6. The Balaban J connectivity index is 2.41. The summed E-state index contributed by atoms with van der Waals surface area (Å²) in [6, 6.07) is 7.64. The lowest BCUT2D eigenvalue weighted by Gasteiger charge is -2.29. The van der Waals surface area contributed by atoms with E-state index < -0.39 is 0 Å². The molecule has 0 saturated heterocycles. The molecule has 1 aliphatic rings. The van der Waals surface area contributed by atoms with Crippen molar-refractivity contribution in [1.29, 1.82) is 5.26 Å². The van der Waals surface area contributed by atoms with E-state index in [4.69, 9.17) is 0 Å². The minimum atomic E-state index is -0.270. The van der Waals surface area contributed by atoms with Crippen molar-refractivity contribution >= 4 is 0 Å². The highest BCUT2D eigenvalue weighted by Gasteiger charge is 2.51. The fourth-order valence-corrected chi connectivity index (χ4v) is 2.53. The van der Waals surface area contributed by atoms with E-state index in [1.165, 1.54) is 6.07 Å². The number of aryl methyl sites for hydroxylation is 1. The van der Waals surface area contributed by atoms with Gasteiger partial charge in [0, 0.05) is 0 Å². The van der Waals surface area contributed by atoms with Gasteiger partial charge in [0.05, 0.1) is 17.5 Å². The van der Waals surface area contributed by atoms with Crippen LogP contribution in [0.4, 0.5) is 4.39 Å². The smallest absolute Gasteiger partial charge is 0.126 e. The van der Waals surface area contributed by atoms with Gasteiger partial charge in [0.2, 0.25) is 0 Å². The van der Waals surface area contributed by atoms with Crippen LogP contribution >= 0.6 is 0 Å². The van der Waals surface area contributed by atoms with Crippen LogP contribution in [0.3, 0.4) is 0 Å². The Bertz CT molecular complexity index is 470. The summed E-state index contributed by atoms with van der Waals surface area (Å²) in [5.41, 5.74) is 1.41. The zero-order valence-corrected chi connectivity index (χ0v) is 10.5. The molecule has 0 radical (unpaired) electrons. The summed E-state index contributed by atoms with van der Waals surface area (Å²) in [7, 11) is 3.95. The van der Waals surface area contributed by atoms with Crippen molar-refractivity contribution in [2.75, 3.05) is 14.1 Å². The molecule has 17 heavy (non-hydrogen) atoms. The molecule has 2 nitrogen and oxygen atoms in total. The van der Waals surface area contributed by atoms with E-state index in [0.717, 1.165) is 18.4 Å². The van der Waals surface area contributed by atoms with Crippen LogP contribution in [0.15, 0.2) is 18.2 Å². The number of hydrogen-bond acceptors (Lipinski definition) is 2. The molecular weight excluding hydrogens is 215 g/mol. The summed E-state index contributed by atoms with van der Waals surface area (Å²) in [6.45, 7) is 1.76. The van der Waals surface area contributed by atoms with Gasteiger partial charge < -0.3 is 4.90 Å². The quantitative estimate of drug-likeness (QED) is 0.801. The van der Waals surface area contributed by atoms with E-state index >= 15 is 0 Å². The minimum Gasteiger partial charge on any atom is -0.301 e. The molecule has 3 heteroatoms. The summed E-state index contributed by atoms with van der Waals surface area (Å²) < 4.78 is 13.3. The molecule has 0 N–H and O–H groups in total. The predicted octanol–water partition coefficient (Wildman–Crippen LogP) is 3.04. The summed E-state index contributed by atoms with van der Waals surface area (Å²) in [4.78, 5) is 2.06. The molecular formula is C14H17FN2. The number of nitriles is 1. The molecule has 1 aromatic rings. The first-order valence-corrected chi connectivity index (χ1v) is 5.84. The number of halogens is 1. The van der Waals surface area contributed by atoms with Crippen molar-refractivity contribution in [2.45, 2.75) is 25.8 Å². The first-order valence-electron chi connectivity index (χ1n) is 5.84. The molecule has 1 saturated carbocycles. The lowest BCUT2D eigenvalue weighted by atomic mass is 9.89. The van der Waals surface area contributed by atoms with Crippen LogP contribution in [0, 0.1) is 29.5 Å². The molecule has 0 amide bonds. The fraction of sp³-hybridized carbons (Fsp3) is 0.500. The van der Waals surface area contributed by atoms with Crippen LogP contribution in [-0.4, -0.2) is 19.0 Å². The van der Waals surface area contributed by atoms with E-state index in [0.29, 0.717) is 5.56 Å². The Kier molecular flexibility index (Phi) is 2.92. The Labute approximate surface area is 102 Å². The van der Waals surface area contributed by atoms with E-state index in [1.807, 2.05) is 20.2 Å². The summed E-state index contributed by atoms with van der Waals surface area (Å²) >= 11 is 0. The number of rotatable bonds is 3. The van der Waals surface area contributed by atoms with Crippen LogP contribution in [-0.2, 0) is 0 Å². The SMILES string of the molecule is Cc1cc(C(N(C)C)C2(C#N)CC2)ccc1F. The standard InChI is InChI=1S/C14H17FN2/c1-10-8-11(4-5-12(10)15)13(17(2)3)14(9-16)6-7-14/h4-5,8,13H,6-7H2,1-3H3. The maximum Gasteiger partial charge on any atom is 0.126 e. The number of benzene rings is 1. The summed E-state index contributed by atoms with van der Waals surface area (Å²) in [5, 5.41) is 9.31. The molecule has 1 aromatic carbocycles. The van der Waals surface area contributed by atoms with Gasteiger partial charge in [-0.3, -0.25) is 0 Å². The second kappa shape index (κ2) is 4.12. The molecule has 1 unspecified atom stereocenters. The average molecular weight is 232 g/mol. The van der Waals surface area contributed by atoms with Crippen LogP contribution < -0.4 is 0 Å². The highest BCUT2D eigenvalue weighted by molar-refractivity contribution is 5.32. The third-order valence-corrected chi connectivity index (χ3v) is 3.55. The van der Waals surface area contributed by atoms with Crippen LogP contribution in [0.25, 0.3) is 0 Å². The maximum atomic E-state index is 13.3. The molecule has 90 valence electrons. The highest BCUT2D eigenvalue weighted by Crippen LogP contribution is 2.56. The molecule has 1 atom stereocenters. The lowest BCUT2D eigenvalue weighted by Crippen LogP contribution is -2.28. The summed E-state index contributed by atoms with van der Waals surface area (Å²) in [5.74, 6) is -0.187. The van der Waals surface area contributed by atoms with Gasteiger partial charge >= 0.3 is 0 Å². The van der Waals surface area contributed by atoms with Crippen molar-refractivity contribution in [1.82, 2.24) is 4.90 Å². The molecule has 1 fully saturated rings. The van der Waals surface area contributed by atoms with Crippen molar-refractivity contribution in [3.05, 3.63) is 35.1 Å². The molecule has 0 aliphatic heterocycles. The Morgan fingerprint density at radius 3 is 2.47 bits per heavy atom. The van der Waals surface area contributed by atoms with Gasteiger partial charge in [-0.15, -0.1) is 0 Å². The van der Waals surface area contributed by atoms with E-state index in [1.54, 1.807) is 13.0 Å². The Hall–Kier alpha value is -1.40. The van der Waals surface area contributed by atoms with Crippen molar-refractivity contribution < 1.29 is 4.39 Å². The predicted molar refractivity (Wildman–Crippen MR) is 64.8 cm³/mol. The van der Waals surface area contributed by atoms with Gasteiger partial charge in [-0.1, -0.05) is 12.1 Å². The van der Waals surface area contributed by atoms with Gasteiger partial charge in [0.1, 0.15) is 5.82 Å². The van der Waals surface area contributed by atoms with Crippen molar-refractivity contribution in [3.8, 4) is 6.07 Å². The van der Waals surface area contributed by atoms with Crippen LogP contribution in [0.5, 0.6) is 0 Å². The highest BCUT2D eigenvalue weighted by atomic mass is 19.1. The Morgan fingerprint density at radius 1 is 1.41 bits per heavy atom. The Morgan fingerprint density at radius 2 is 2.06 bits per heavy atom. The maximum absolute atomic E-state index is 13.3. The number of hydrogen-bond donors (Lipinski definition) is 0. The molecule has 0 spiro atoms. The van der Waals surface area contributed by atoms with Gasteiger partial charge in [-0.05, 0) is 51.1 Å². The first kappa shape index (κ1) is 12.1. The van der Waals surface area contributed by atoms with Crippen molar-refractivity contribution in [3.63, 3.8) is 0 Å². The summed E-state index contributed by atoms with van der Waals surface area (Å²) in [6.07, 6.45) is 1.87. The van der Waals surface area contributed by atoms with Crippen molar-refractivity contribution in [2.24, 2.45) is 5.41 Å². The third kappa shape index (κ3) is 2.05. The molecule has 0 bridgehead atoms. The van der Waals surface area contributed by atoms with Gasteiger partial charge in [-0.2, -0.15) is 5.26 Å². The van der Waals surface area contributed by atoms with Gasteiger partial charge in [0.15, 0.2) is 0 Å². The topological polar surface area (TPSA) is 27.0 Å². The molecule has 1 aliphatic carbocycles. The normalized spacial score (nSPS) is 18.8.